The van der Waals surface area contributed by atoms with Crippen molar-refractivity contribution in [1.29, 1.82) is 0 Å². The van der Waals surface area contributed by atoms with Gasteiger partial charge < -0.3 is 11.1 Å². The van der Waals surface area contributed by atoms with Crippen LogP contribution in [-0.4, -0.2) is 17.4 Å². The quantitative estimate of drug-likeness (QED) is 0.888. The van der Waals surface area contributed by atoms with Crippen molar-refractivity contribution < 1.29 is 4.79 Å². The molecule has 6 heteroatoms. The first-order chi connectivity index (χ1) is 9.60. The summed E-state index contributed by atoms with van der Waals surface area (Å²) in [6.07, 6.45) is 0. The highest BCUT2D eigenvalue weighted by Gasteiger charge is 2.12. The van der Waals surface area contributed by atoms with Gasteiger partial charge in [-0.15, -0.1) is 23.7 Å². The molecule has 0 saturated heterocycles. The van der Waals surface area contributed by atoms with Crippen LogP contribution in [0.2, 0.25) is 0 Å². The number of aryl methyl sites for hydroxylation is 1. The largest absolute Gasteiger partial charge is 0.350 e. The Balaban J connectivity index is 0.00000220. The first-order valence-electron chi connectivity index (χ1n) is 6.59. The second kappa shape index (κ2) is 8.12. The van der Waals surface area contributed by atoms with Gasteiger partial charge in [-0.3, -0.25) is 4.79 Å². The zero-order chi connectivity index (χ0) is 14.5. The van der Waals surface area contributed by atoms with Gasteiger partial charge in [0.1, 0.15) is 10.7 Å². The van der Waals surface area contributed by atoms with E-state index in [2.05, 4.69) is 48.4 Å². The molecular weight excluding hydrogens is 306 g/mol. The highest BCUT2D eigenvalue weighted by molar-refractivity contribution is 7.09. The first kappa shape index (κ1) is 17.6. The summed E-state index contributed by atoms with van der Waals surface area (Å²) in [6.45, 7) is 5.12. The molecule has 1 heterocycles. The number of nitrogens with zero attached hydrogens (tertiary/aromatic N) is 1. The van der Waals surface area contributed by atoms with Gasteiger partial charge in [-0.1, -0.05) is 36.8 Å². The van der Waals surface area contributed by atoms with Crippen LogP contribution in [0.15, 0.2) is 29.6 Å². The molecule has 1 atom stereocenters. The van der Waals surface area contributed by atoms with Crippen molar-refractivity contribution in [2.75, 3.05) is 6.54 Å². The topological polar surface area (TPSA) is 68.0 Å². The minimum atomic E-state index is -0.139. The molecule has 1 aromatic heterocycles. The molecule has 1 amide bonds. The van der Waals surface area contributed by atoms with Crippen LogP contribution in [0.5, 0.6) is 0 Å². The Kier molecular flexibility index (Phi) is 6.81. The van der Waals surface area contributed by atoms with E-state index in [1.165, 1.54) is 22.5 Å². The Morgan fingerprint density at radius 2 is 2.05 bits per heavy atom. The average Bonchev–Trinajstić information content (AvgIpc) is 2.94. The van der Waals surface area contributed by atoms with E-state index < -0.39 is 0 Å². The van der Waals surface area contributed by atoms with Gasteiger partial charge >= 0.3 is 0 Å². The second-order valence-corrected chi connectivity index (χ2v) is 5.80. The van der Waals surface area contributed by atoms with Crippen LogP contribution in [0, 0.1) is 6.92 Å². The third kappa shape index (κ3) is 4.81. The monoisotopic (exact) mass is 325 g/mol. The molecule has 0 spiro atoms. The van der Waals surface area contributed by atoms with Crippen molar-refractivity contribution in [3.8, 4) is 0 Å². The zero-order valence-corrected chi connectivity index (χ0v) is 13.8. The summed E-state index contributed by atoms with van der Waals surface area (Å²) in [4.78, 5) is 16.1. The van der Waals surface area contributed by atoms with Crippen LogP contribution in [0.3, 0.4) is 0 Å². The number of carbonyl (C=O) groups excluding carboxylic acids is 1. The number of hydrogen-bond donors (Lipinski definition) is 2. The Hall–Kier alpha value is -1.43. The minimum Gasteiger partial charge on any atom is -0.350 e. The van der Waals surface area contributed by atoms with Crippen molar-refractivity contribution >= 4 is 29.7 Å². The fraction of sp³-hybridized carbons (Fsp3) is 0.333. The zero-order valence-electron chi connectivity index (χ0n) is 12.1. The van der Waals surface area contributed by atoms with Crippen LogP contribution >= 0.6 is 23.7 Å². The minimum absolute atomic E-state index is 0. The SMILES string of the molecule is Cc1ccc(C(C)CNC(=O)c2csc(CN)n2)cc1.Cl. The molecule has 0 aliphatic carbocycles. The van der Waals surface area contributed by atoms with Crippen LogP contribution in [-0.2, 0) is 6.54 Å². The van der Waals surface area contributed by atoms with E-state index in [1.807, 2.05) is 0 Å². The van der Waals surface area contributed by atoms with Gasteiger partial charge in [-0.2, -0.15) is 0 Å². The van der Waals surface area contributed by atoms with E-state index in [0.29, 0.717) is 18.8 Å². The number of halogens is 1. The molecule has 0 saturated carbocycles. The molecule has 2 aromatic rings. The molecular formula is C15H20ClN3OS. The van der Waals surface area contributed by atoms with Crippen molar-refractivity contribution in [2.24, 2.45) is 5.73 Å². The summed E-state index contributed by atoms with van der Waals surface area (Å²) >= 11 is 1.41. The summed E-state index contributed by atoms with van der Waals surface area (Å²) in [5.74, 6) is 0.132. The lowest BCUT2D eigenvalue weighted by molar-refractivity contribution is 0.0947. The molecule has 3 N–H and O–H groups in total. The molecule has 2 rings (SSSR count). The third-order valence-electron chi connectivity index (χ3n) is 3.17. The highest BCUT2D eigenvalue weighted by Crippen LogP contribution is 2.15. The number of aromatic nitrogens is 1. The van der Waals surface area contributed by atoms with Crippen molar-refractivity contribution in [2.45, 2.75) is 26.3 Å². The number of amides is 1. The molecule has 0 aliphatic heterocycles. The predicted octanol–water partition coefficient (Wildman–Crippen LogP) is 2.87. The van der Waals surface area contributed by atoms with E-state index in [0.717, 1.165) is 5.01 Å². The van der Waals surface area contributed by atoms with Gasteiger partial charge in [0, 0.05) is 18.5 Å². The molecule has 114 valence electrons. The molecule has 1 aromatic carbocycles. The van der Waals surface area contributed by atoms with E-state index in [9.17, 15) is 4.79 Å². The summed E-state index contributed by atoms with van der Waals surface area (Å²) in [5, 5.41) is 5.44. The smallest absolute Gasteiger partial charge is 0.270 e. The third-order valence-corrected chi connectivity index (χ3v) is 4.05. The van der Waals surface area contributed by atoms with E-state index >= 15 is 0 Å². The van der Waals surface area contributed by atoms with Crippen molar-refractivity contribution in [1.82, 2.24) is 10.3 Å². The first-order valence-corrected chi connectivity index (χ1v) is 7.47. The Labute approximate surface area is 135 Å². The van der Waals surface area contributed by atoms with Crippen LogP contribution in [0.1, 0.15) is 39.5 Å². The summed E-state index contributed by atoms with van der Waals surface area (Å²) in [5.41, 5.74) is 8.40. The number of nitrogens with one attached hydrogen (secondary N) is 1. The van der Waals surface area contributed by atoms with Crippen molar-refractivity contribution in [3.05, 3.63) is 51.5 Å². The average molecular weight is 326 g/mol. The molecule has 21 heavy (non-hydrogen) atoms. The Morgan fingerprint density at radius 3 is 2.62 bits per heavy atom. The molecule has 4 nitrogen and oxygen atoms in total. The number of nitrogens with two attached hydrogens (primary N) is 1. The molecule has 0 bridgehead atoms. The van der Waals surface area contributed by atoms with Gasteiger partial charge in [0.2, 0.25) is 0 Å². The molecule has 0 aliphatic rings. The van der Waals surface area contributed by atoms with Crippen molar-refractivity contribution in [3.63, 3.8) is 0 Å². The molecule has 1 unspecified atom stereocenters. The van der Waals surface area contributed by atoms with Crippen LogP contribution < -0.4 is 11.1 Å². The van der Waals surface area contributed by atoms with E-state index in [4.69, 9.17) is 5.73 Å². The maximum Gasteiger partial charge on any atom is 0.270 e. The summed E-state index contributed by atoms with van der Waals surface area (Å²) in [7, 11) is 0. The van der Waals surface area contributed by atoms with Crippen LogP contribution in [0.25, 0.3) is 0 Å². The fourth-order valence-electron chi connectivity index (χ4n) is 1.86. The number of benzene rings is 1. The second-order valence-electron chi connectivity index (χ2n) is 4.85. The van der Waals surface area contributed by atoms with E-state index in [-0.39, 0.29) is 24.2 Å². The lowest BCUT2D eigenvalue weighted by atomic mass is 10.00. The fourth-order valence-corrected chi connectivity index (χ4v) is 2.51. The van der Waals surface area contributed by atoms with Crippen LogP contribution in [0.4, 0.5) is 0 Å². The number of rotatable bonds is 5. The maximum atomic E-state index is 12.0. The van der Waals surface area contributed by atoms with Gasteiger partial charge in [0.05, 0.1) is 0 Å². The lowest BCUT2D eigenvalue weighted by Gasteiger charge is -2.12. The van der Waals surface area contributed by atoms with Gasteiger partial charge in [-0.25, -0.2) is 4.98 Å². The van der Waals surface area contributed by atoms with E-state index in [1.54, 1.807) is 5.38 Å². The van der Waals surface area contributed by atoms with Gasteiger partial charge in [0.25, 0.3) is 5.91 Å². The molecule has 0 radical (unpaired) electrons. The number of thiazole rings is 1. The predicted molar refractivity (Wildman–Crippen MR) is 89.2 cm³/mol. The Bertz CT molecular complexity index is 583. The summed E-state index contributed by atoms with van der Waals surface area (Å²) < 4.78 is 0. The normalized spacial score (nSPS) is 11.6. The van der Waals surface area contributed by atoms with Gasteiger partial charge in [-0.05, 0) is 18.4 Å². The highest BCUT2D eigenvalue weighted by atomic mass is 35.5. The van der Waals surface area contributed by atoms with Gasteiger partial charge in [0.15, 0.2) is 0 Å². The maximum absolute atomic E-state index is 12.0. The standard InChI is InChI=1S/C15H19N3OS.ClH/c1-10-3-5-12(6-4-10)11(2)8-17-15(19)13-9-20-14(7-16)18-13;/h3-6,9,11H,7-8,16H2,1-2H3,(H,17,19);1H. The number of hydrogen-bond acceptors (Lipinski definition) is 4. The molecule has 0 fully saturated rings. The summed E-state index contributed by atoms with van der Waals surface area (Å²) in [6, 6.07) is 8.37. The lowest BCUT2D eigenvalue weighted by Crippen LogP contribution is -2.27. The number of carbonyl (C=O) groups is 1. The Morgan fingerprint density at radius 1 is 1.38 bits per heavy atom.